The highest BCUT2D eigenvalue weighted by molar-refractivity contribution is 7.24. The minimum atomic E-state index is 0. The fraction of sp³-hybridized carbons (Fsp3) is 0.500. The van der Waals surface area contributed by atoms with Crippen molar-refractivity contribution in [1.82, 2.24) is 10.3 Å². The fourth-order valence-corrected chi connectivity index (χ4v) is 5.92. The molecule has 2 fully saturated rings. The summed E-state index contributed by atoms with van der Waals surface area (Å²) in [6.45, 7) is 11.2. The molecule has 0 radical (unpaired) electrons. The number of rotatable bonds is 3. The number of fused-ring (bicyclic) bond motifs is 2. The molecule has 4 nitrogen and oxygen atoms in total. The molecule has 0 bridgehead atoms. The van der Waals surface area contributed by atoms with Crippen LogP contribution in [0.5, 0.6) is 0 Å². The van der Waals surface area contributed by atoms with E-state index in [1.54, 1.807) is 0 Å². The smallest absolute Gasteiger partial charge is 0.259 e. The number of nitrogens with one attached hydrogen (secondary N) is 1. The molecule has 0 spiro atoms. The lowest BCUT2D eigenvalue weighted by molar-refractivity contribution is -0.00000583. The van der Waals surface area contributed by atoms with E-state index in [0.717, 1.165) is 32.6 Å². The van der Waals surface area contributed by atoms with Crippen LogP contribution in [0.3, 0.4) is 0 Å². The van der Waals surface area contributed by atoms with Gasteiger partial charge in [0.2, 0.25) is 11.3 Å². The molecule has 2 aliphatic heterocycles. The van der Waals surface area contributed by atoms with Gasteiger partial charge in [0.15, 0.2) is 0 Å². The van der Waals surface area contributed by atoms with Crippen molar-refractivity contribution in [2.45, 2.75) is 39.5 Å². The Bertz CT molecular complexity index is 1040. The maximum atomic E-state index is 5.18. The van der Waals surface area contributed by atoms with Gasteiger partial charge in [-0.25, -0.2) is 4.98 Å². The summed E-state index contributed by atoms with van der Waals surface area (Å²) in [4.78, 5) is 10.3. The molecule has 0 atom stereocenters. The Morgan fingerprint density at radius 3 is 2.30 bits per heavy atom. The van der Waals surface area contributed by atoms with Gasteiger partial charge in [-0.1, -0.05) is 6.92 Å². The van der Waals surface area contributed by atoms with Crippen molar-refractivity contribution in [2.24, 2.45) is 0 Å². The molecular formula is C24H31IN4S. The van der Waals surface area contributed by atoms with Crippen molar-refractivity contribution in [3.63, 3.8) is 0 Å². The van der Waals surface area contributed by atoms with Crippen molar-refractivity contribution >= 4 is 43.1 Å². The van der Waals surface area contributed by atoms with Gasteiger partial charge in [-0.3, -0.25) is 0 Å². The molecule has 2 saturated heterocycles. The zero-order valence-electron chi connectivity index (χ0n) is 18.0. The molecule has 0 aliphatic carbocycles. The second-order valence-corrected chi connectivity index (χ2v) is 9.50. The summed E-state index contributed by atoms with van der Waals surface area (Å²) in [5, 5.41) is 3.52. The largest absolute Gasteiger partial charge is 1.00 e. The van der Waals surface area contributed by atoms with Crippen molar-refractivity contribution in [2.75, 3.05) is 49.1 Å². The van der Waals surface area contributed by atoms with Crippen LogP contribution in [0.2, 0.25) is 0 Å². The zero-order chi connectivity index (χ0) is 19.8. The summed E-state index contributed by atoms with van der Waals surface area (Å²) in [7, 11) is 0. The highest BCUT2D eigenvalue weighted by atomic mass is 127. The maximum Gasteiger partial charge on any atom is 0.259 e. The molecule has 0 saturated carbocycles. The lowest BCUT2D eigenvalue weighted by Crippen LogP contribution is -3.00. The summed E-state index contributed by atoms with van der Waals surface area (Å²) in [5.74, 6) is 0. The average Bonchev–Trinajstić information content (AvgIpc) is 3.14. The van der Waals surface area contributed by atoms with Crippen LogP contribution in [-0.2, 0) is 6.42 Å². The van der Waals surface area contributed by atoms with E-state index >= 15 is 0 Å². The van der Waals surface area contributed by atoms with Crippen LogP contribution < -0.4 is 39.1 Å². The van der Waals surface area contributed by atoms with Gasteiger partial charge in [-0.15, -0.1) is 0 Å². The van der Waals surface area contributed by atoms with Crippen LogP contribution in [0.25, 0.3) is 20.4 Å². The van der Waals surface area contributed by atoms with E-state index < -0.39 is 0 Å². The van der Waals surface area contributed by atoms with Crippen molar-refractivity contribution in [3.8, 4) is 0 Å². The lowest BCUT2D eigenvalue weighted by atomic mass is 10.1. The molecule has 3 heterocycles. The van der Waals surface area contributed by atoms with Crippen LogP contribution in [-0.4, -0.2) is 44.3 Å². The Morgan fingerprint density at radius 2 is 1.53 bits per heavy atom. The van der Waals surface area contributed by atoms with E-state index in [4.69, 9.17) is 4.98 Å². The summed E-state index contributed by atoms with van der Waals surface area (Å²) in [6.07, 6.45) is 4.85. The number of hydrogen-bond donors (Lipinski definition) is 1. The molecule has 3 aromatic rings. The number of benzene rings is 2. The number of hydrogen-bond acceptors (Lipinski definition) is 4. The van der Waals surface area contributed by atoms with Crippen LogP contribution in [0.1, 0.15) is 37.3 Å². The highest BCUT2D eigenvalue weighted by Gasteiger charge is 2.22. The van der Waals surface area contributed by atoms with Crippen molar-refractivity contribution in [1.29, 1.82) is 0 Å². The fourth-order valence-electron chi connectivity index (χ4n) is 4.75. The van der Waals surface area contributed by atoms with E-state index in [-0.39, 0.29) is 24.0 Å². The minimum Gasteiger partial charge on any atom is -1.00 e. The van der Waals surface area contributed by atoms with Gasteiger partial charge in [-0.05, 0) is 62.4 Å². The molecule has 2 aliphatic rings. The minimum absolute atomic E-state index is 0. The molecule has 6 heteroatoms. The first kappa shape index (κ1) is 22.0. The normalized spacial score (nSPS) is 17.4. The van der Waals surface area contributed by atoms with Crippen LogP contribution >= 0.6 is 11.3 Å². The first-order chi connectivity index (χ1) is 14.2. The number of anilines is 2. The third-order valence-electron chi connectivity index (χ3n) is 6.39. The molecular weight excluding hydrogens is 503 g/mol. The highest BCUT2D eigenvalue weighted by Crippen LogP contribution is 2.36. The van der Waals surface area contributed by atoms with Crippen LogP contribution in [0, 0.1) is 6.92 Å². The van der Waals surface area contributed by atoms with Gasteiger partial charge in [0.05, 0.1) is 0 Å². The first-order valence-corrected chi connectivity index (χ1v) is 12.0. The standard InChI is InChI=1S/C24H31N4S.HI/c1-3-18-14-20(28-11-6-7-25-8-12-28)16-22-24(18)26-23-17(2)13-19(15-21(23)29-22)27-9-4-5-10-27;/h13-16,25H,3-12H2,1-2H3;1H/q+1;/p-1. The Labute approximate surface area is 200 Å². The third kappa shape index (κ3) is 4.23. The second kappa shape index (κ2) is 9.49. The Kier molecular flexibility index (Phi) is 6.95. The number of aryl methyl sites for hydroxylation is 2. The van der Waals surface area contributed by atoms with E-state index in [0.29, 0.717) is 0 Å². The molecule has 30 heavy (non-hydrogen) atoms. The van der Waals surface area contributed by atoms with Crippen LogP contribution in [0.15, 0.2) is 24.3 Å². The van der Waals surface area contributed by atoms with Gasteiger partial charge in [0.1, 0.15) is 11.0 Å². The number of aromatic nitrogens is 1. The van der Waals surface area contributed by atoms with Gasteiger partial charge in [0.25, 0.3) is 9.40 Å². The molecule has 0 unspecified atom stereocenters. The Balaban J connectivity index is 0.00000218. The van der Waals surface area contributed by atoms with E-state index in [1.165, 1.54) is 75.3 Å². The van der Waals surface area contributed by atoms with Gasteiger partial charge < -0.3 is 39.1 Å². The molecule has 160 valence electrons. The van der Waals surface area contributed by atoms with E-state index in [1.807, 2.05) is 11.3 Å². The Hall–Kier alpha value is -1.25. The maximum absolute atomic E-state index is 5.18. The molecule has 1 aromatic heterocycles. The zero-order valence-corrected chi connectivity index (χ0v) is 21.0. The SMILES string of the molecule is CCc1cc(N2CCCNCC2)cc2[s+]c3cc(N4CCCC4)cc(C)c3nc12.[I-]. The second-order valence-electron chi connectivity index (χ2n) is 8.41. The average molecular weight is 535 g/mol. The molecule has 0 amide bonds. The van der Waals surface area contributed by atoms with Crippen LogP contribution in [0.4, 0.5) is 11.4 Å². The molecule has 5 rings (SSSR count). The summed E-state index contributed by atoms with van der Waals surface area (Å²) in [6, 6.07) is 9.48. The van der Waals surface area contributed by atoms with Gasteiger partial charge in [-0.2, -0.15) is 0 Å². The number of nitrogens with zero attached hydrogens (tertiary/aromatic N) is 3. The van der Waals surface area contributed by atoms with Crippen molar-refractivity contribution < 1.29 is 24.0 Å². The monoisotopic (exact) mass is 534 g/mol. The van der Waals surface area contributed by atoms with Gasteiger partial charge in [0, 0.05) is 56.2 Å². The van der Waals surface area contributed by atoms with Gasteiger partial charge >= 0.3 is 0 Å². The molecule has 2 aromatic carbocycles. The van der Waals surface area contributed by atoms with E-state index in [9.17, 15) is 0 Å². The van der Waals surface area contributed by atoms with E-state index in [2.05, 4.69) is 53.2 Å². The molecule has 1 N–H and O–H groups in total. The summed E-state index contributed by atoms with van der Waals surface area (Å²) >= 11 is 1.92. The first-order valence-electron chi connectivity index (χ1n) is 11.1. The third-order valence-corrected chi connectivity index (χ3v) is 7.45. The summed E-state index contributed by atoms with van der Waals surface area (Å²) in [5.41, 5.74) is 7.77. The van der Waals surface area contributed by atoms with Crippen molar-refractivity contribution in [3.05, 3.63) is 35.4 Å². The number of halogens is 1. The quantitative estimate of drug-likeness (QED) is 0.317. The lowest BCUT2D eigenvalue weighted by Gasteiger charge is -2.22. The topological polar surface area (TPSA) is 31.4 Å². The predicted octanol–water partition coefficient (Wildman–Crippen LogP) is 2.01. The Morgan fingerprint density at radius 1 is 0.867 bits per heavy atom. The predicted molar refractivity (Wildman–Crippen MR) is 127 cm³/mol. The summed E-state index contributed by atoms with van der Waals surface area (Å²) < 4.78 is 2.64.